The van der Waals surface area contributed by atoms with Gasteiger partial charge in [-0.3, -0.25) is 10.1 Å². The summed E-state index contributed by atoms with van der Waals surface area (Å²) in [5, 5.41) is 19.2. The first-order chi connectivity index (χ1) is 9.38. The Bertz CT molecular complexity index is 667. The molecule has 1 aromatic carbocycles. The SMILES string of the molecule is O=[N+]([O-])c1c(F)cc(Br)cc1Nc1nnc(C(F)F)s1. The highest BCUT2D eigenvalue weighted by atomic mass is 79.9. The molecule has 0 atom stereocenters. The Morgan fingerprint density at radius 1 is 1.40 bits per heavy atom. The standard InChI is InChI=1S/C9H4BrF3N4O2S/c10-3-1-4(11)6(17(18)19)5(2-3)14-9-16-15-8(20-9)7(12)13/h1-2,7H,(H,14,16). The molecule has 0 aliphatic carbocycles. The fourth-order valence-electron chi connectivity index (χ4n) is 1.34. The number of anilines is 2. The van der Waals surface area contributed by atoms with E-state index in [-0.39, 0.29) is 15.3 Å². The fourth-order valence-corrected chi connectivity index (χ4v) is 2.38. The van der Waals surface area contributed by atoms with Gasteiger partial charge in [-0.1, -0.05) is 27.3 Å². The van der Waals surface area contributed by atoms with Crippen LogP contribution >= 0.6 is 27.3 Å². The molecule has 0 saturated heterocycles. The van der Waals surface area contributed by atoms with Gasteiger partial charge in [-0.25, -0.2) is 8.78 Å². The first-order valence-electron chi connectivity index (χ1n) is 4.90. The van der Waals surface area contributed by atoms with Crippen LogP contribution in [0.2, 0.25) is 0 Å². The van der Waals surface area contributed by atoms with Crippen molar-refractivity contribution in [2.24, 2.45) is 0 Å². The van der Waals surface area contributed by atoms with Gasteiger partial charge in [-0.15, -0.1) is 10.2 Å². The highest BCUT2D eigenvalue weighted by molar-refractivity contribution is 9.10. The summed E-state index contributed by atoms with van der Waals surface area (Å²) in [6.45, 7) is 0. The van der Waals surface area contributed by atoms with E-state index >= 15 is 0 Å². The molecule has 1 heterocycles. The second-order valence-corrected chi connectivity index (χ2v) is 5.34. The zero-order chi connectivity index (χ0) is 14.9. The predicted octanol–water partition coefficient (Wildman–Crippen LogP) is 4.03. The van der Waals surface area contributed by atoms with Gasteiger partial charge in [0.15, 0.2) is 5.01 Å². The van der Waals surface area contributed by atoms with Crippen molar-refractivity contribution in [3.05, 3.63) is 37.5 Å². The normalized spacial score (nSPS) is 10.8. The van der Waals surface area contributed by atoms with Gasteiger partial charge in [-0.2, -0.15) is 4.39 Å². The van der Waals surface area contributed by atoms with E-state index in [0.29, 0.717) is 11.3 Å². The third-order valence-electron chi connectivity index (χ3n) is 2.08. The summed E-state index contributed by atoms with van der Waals surface area (Å²) in [5.41, 5.74) is -1.01. The van der Waals surface area contributed by atoms with Crippen LogP contribution < -0.4 is 5.32 Å². The second-order valence-electron chi connectivity index (χ2n) is 3.41. The molecule has 20 heavy (non-hydrogen) atoms. The van der Waals surface area contributed by atoms with Crippen LogP contribution in [0.1, 0.15) is 11.4 Å². The minimum Gasteiger partial charge on any atom is -0.324 e. The van der Waals surface area contributed by atoms with E-state index in [1.165, 1.54) is 6.07 Å². The highest BCUT2D eigenvalue weighted by Crippen LogP contribution is 2.35. The van der Waals surface area contributed by atoms with Gasteiger partial charge in [0.1, 0.15) is 5.69 Å². The Morgan fingerprint density at radius 2 is 2.10 bits per heavy atom. The van der Waals surface area contributed by atoms with Crippen molar-refractivity contribution in [3.63, 3.8) is 0 Å². The predicted molar refractivity (Wildman–Crippen MR) is 68.9 cm³/mol. The summed E-state index contributed by atoms with van der Waals surface area (Å²) < 4.78 is 38.5. The highest BCUT2D eigenvalue weighted by Gasteiger charge is 2.23. The molecule has 1 N–H and O–H groups in total. The number of rotatable bonds is 4. The monoisotopic (exact) mass is 368 g/mol. The molecule has 0 fully saturated rings. The lowest BCUT2D eigenvalue weighted by molar-refractivity contribution is -0.386. The lowest BCUT2D eigenvalue weighted by Gasteiger charge is -2.05. The van der Waals surface area contributed by atoms with Gasteiger partial charge in [0.25, 0.3) is 6.43 Å². The lowest BCUT2D eigenvalue weighted by atomic mass is 10.2. The van der Waals surface area contributed by atoms with Crippen LogP contribution in [0.25, 0.3) is 0 Å². The van der Waals surface area contributed by atoms with E-state index in [0.717, 1.165) is 6.07 Å². The summed E-state index contributed by atoms with van der Waals surface area (Å²) in [6, 6.07) is 2.17. The molecule has 0 aliphatic heterocycles. The summed E-state index contributed by atoms with van der Waals surface area (Å²) in [4.78, 5) is 9.90. The summed E-state index contributed by atoms with van der Waals surface area (Å²) in [6.07, 6.45) is -2.79. The first-order valence-corrected chi connectivity index (χ1v) is 6.51. The molecule has 0 saturated carbocycles. The molecule has 106 valence electrons. The topological polar surface area (TPSA) is 81.0 Å². The van der Waals surface area contributed by atoms with E-state index < -0.39 is 27.9 Å². The van der Waals surface area contributed by atoms with Crippen molar-refractivity contribution in [1.29, 1.82) is 0 Å². The van der Waals surface area contributed by atoms with Crippen LogP contribution in [-0.4, -0.2) is 15.1 Å². The van der Waals surface area contributed by atoms with Gasteiger partial charge in [0.05, 0.1) is 4.92 Å². The number of nitrogens with zero attached hydrogens (tertiary/aromatic N) is 3. The molecule has 6 nitrogen and oxygen atoms in total. The molecule has 0 aliphatic rings. The molecular formula is C9H4BrF3N4O2S. The maximum Gasteiger partial charge on any atom is 0.328 e. The van der Waals surface area contributed by atoms with Crippen molar-refractivity contribution in [3.8, 4) is 0 Å². The quantitative estimate of drug-likeness (QED) is 0.650. The minimum absolute atomic E-state index is 0.0964. The maximum absolute atomic E-state index is 13.5. The molecular weight excluding hydrogens is 365 g/mol. The van der Waals surface area contributed by atoms with E-state index in [1.54, 1.807) is 0 Å². The second kappa shape index (κ2) is 5.71. The Hall–Kier alpha value is -1.75. The molecule has 0 radical (unpaired) electrons. The average molecular weight is 369 g/mol. The van der Waals surface area contributed by atoms with E-state index in [4.69, 9.17) is 0 Å². The van der Waals surface area contributed by atoms with Gasteiger partial charge < -0.3 is 5.32 Å². The van der Waals surface area contributed by atoms with Crippen LogP contribution in [0, 0.1) is 15.9 Å². The Morgan fingerprint density at radius 3 is 2.65 bits per heavy atom. The Labute approximate surface area is 121 Å². The molecule has 2 rings (SSSR count). The van der Waals surface area contributed by atoms with Crippen molar-refractivity contribution in [2.75, 3.05) is 5.32 Å². The van der Waals surface area contributed by atoms with Crippen LogP contribution in [-0.2, 0) is 0 Å². The fraction of sp³-hybridized carbons (Fsp3) is 0.111. The number of alkyl halides is 2. The average Bonchev–Trinajstić information content (AvgIpc) is 2.75. The number of nitro groups is 1. The Balaban J connectivity index is 2.39. The molecule has 0 bridgehead atoms. The summed E-state index contributed by atoms with van der Waals surface area (Å²) in [5.74, 6) is -1.06. The van der Waals surface area contributed by atoms with Crippen LogP contribution in [0.4, 0.5) is 29.7 Å². The van der Waals surface area contributed by atoms with Crippen molar-refractivity contribution in [2.45, 2.75) is 6.43 Å². The zero-order valence-corrected chi connectivity index (χ0v) is 11.7. The van der Waals surface area contributed by atoms with Gasteiger partial charge >= 0.3 is 5.69 Å². The first kappa shape index (κ1) is 14.7. The lowest BCUT2D eigenvalue weighted by Crippen LogP contribution is -2.00. The molecule has 2 aromatic rings. The number of benzene rings is 1. The van der Waals surface area contributed by atoms with Gasteiger partial charge in [-0.05, 0) is 12.1 Å². The van der Waals surface area contributed by atoms with E-state index in [2.05, 4.69) is 31.4 Å². The van der Waals surface area contributed by atoms with E-state index in [1.807, 2.05) is 0 Å². The van der Waals surface area contributed by atoms with Crippen molar-refractivity contribution < 1.29 is 18.1 Å². The number of halogens is 4. The maximum atomic E-state index is 13.5. The number of hydrogen-bond donors (Lipinski definition) is 1. The number of aromatic nitrogens is 2. The van der Waals surface area contributed by atoms with Gasteiger partial charge in [0, 0.05) is 4.47 Å². The van der Waals surface area contributed by atoms with Crippen molar-refractivity contribution in [1.82, 2.24) is 10.2 Å². The Kier molecular flexibility index (Phi) is 4.18. The number of nitro benzene ring substituents is 1. The minimum atomic E-state index is -2.79. The summed E-state index contributed by atoms with van der Waals surface area (Å²) in [7, 11) is 0. The number of nitrogens with one attached hydrogen (secondary N) is 1. The zero-order valence-electron chi connectivity index (χ0n) is 9.31. The smallest absolute Gasteiger partial charge is 0.324 e. The van der Waals surface area contributed by atoms with Crippen LogP contribution in [0.5, 0.6) is 0 Å². The number of hydrogen-bond acceptors (Lipinski definition) is 6. The molecule has 0 spiro atoms. The molecule has 0 unspecified atom stereocenters. The van der Waals surface area contributed by atoms with Gasteiger partial charge in [0.2, 0.25) is 10.9 Å². The third kappa shape index (κ3) is 3.04. The summed E-state index contributed by atoms with van der Waals surface area (Å²) >= 11 is 3.51. The van der Waals surface area contributed by atoms with Crippen molar-refractivity contribution >= 4 is 43.8 Å². The molecule has 1 aromatic heterocycles. The molecule has 11 heteroatoms. The molecule has 0 amide bonds. The third-order valence-corrected chi connectivity index (χ3v) is 3.38. The largest absolute Gasteiger partial charge is 0.328 e. The van der Waals surface area contributed by atoms with E-state index in [9.17, 15) is 23.3 Å². The van der Waals surface area contributed by atoms with Crippen LogP contribution in [0.15, 0.2) is 16.6 Å². The van der Waals surface area contributed by atoms with Crippen LogP contribution in [0.3, 0.4) is 0 Å².